The van der Waals surface area contributed by atoms with Crippen molar-refractivity contribution in [2.24, 2.45) is 0 Å². The number of nitrogens with zero attached hydrogens (tertiary/aromatic N) is 1. The van der Waals surface area contributed by atoms with Crippen LogP contribution < -0.4 is 4.18 Å². The summed E-state index contributed by atoms with van der Waals surface area (Å²) in [6, 6.07) is 21.5. The first kappa shape index (κ1) is 26.4. The van der Waals surface area contributed by atoms with Gasteiger partial charge in [0.25, 0.3) is 0 Å². The van der Waals surface area contributed by atoms with Gasteiger partial charge in [0.15, 0.2) is 5.78 Å². The molecule has 1 heterocycles. The second-order valence-electron chi connectivity index (χ2n) is 10.1. The number of hydrogen-bond acceptors (Lipinski definition) is 5. The average Bonchev–Trinajstić information content (AvgIpc) is 3.28. The number of fused-ring (bicyclic) bond motifs is 1. The van der Waals surface area contributed by atoms with E-state index in [0.29, 0.717) is 17.8 Å². The monoisotopic (exact) mass is 538 g/mol. The fraction of sp³-hybridized carbons (Fsp3) is 0.188. The maximum absolute atomic E-state index is 13.0. The van der Waals surface area contributed by atoms with Crippen LogP contribution in [-0.4, -0.2) is 24.2 Å². The third kappa shape index (κ3) is 5.49. The molecule has 0 aliphatic heterocycles. The maximum Gasteiger partial charge on any atom is 0.339 e. The lowest BCUT2D eigenvalue weighted by atomic mass is 9.99. The van der Waals surface area contributed by atoms with Gasteiger partial charge in [0.1, 0.15) is 16.5 Å². The summed E-state index contributed by atoms with van der Waals surface area (Å²) in [6.45, 7) is 9.78. The highest BCUT2D eigenvalue weighted by molar-refractivity contribution is 7.87. The Morgan fingerprint density at radius 1 is 0.795 bits per heavy atom. The second-order valence-corrected chi connectivity index (χ2v) is 11.7. The summed E-state index contributed by atoms with van der Waals surface area (Å²) in [7, 11) is -3.96. The predicted octanol–water partition coefficient (Wildman–Crippen LogP) is 6.97. The van der Waals surface area contributed by atoms with Crippen molar-refractivity contribution in [2.75, 3.05) is 0 Å². The van der Waals surface area contributed by atoms with Gasteiger partial charge in [-0.15, -0.1) is 0 Å². The van der Waals surface area contributed by atoms with E-state index in [4.69, 9.17) is 9.17 Å². The summed E-state index contributed by atoms with van der Waals surface area (Å²) >= 11 is 0. The zero-order chi connectivity index (χ0) is 27.9. The lowest BCUT2D eigenvalue weighted by Gasteiger charge is -2.12. The Kier molecular flexibility index (Phi) is 6.87. The summed E-state index contributed by atoms with van der Waals surface area (Å²) in [5, 5.41) is 0. The maximum atomic E-state index is 13.0. The lowest BCUT2D eigenvalue weighted by Crippen LogP contribution is -2.10. The number of H-pyrrole nitrogens is 1. The molecule has 1 N–H and O–H groups in total. The molecular weight excluding hydrogens is 508 g/mol. The van der Waals surface area contributed by atoms with Crippen LogP contribution in [0.5, 0.6) is 5.75 Å². The molecule has 0 bridgehead atoms. The molecule has 4 aromatic carbocycles. The standard InChI is InChI=1S/C32H30N2O4S/c1-19-6-11-27(12-7-19)39(36,37)38-26-15-22(4)31(23(5)16-26)32-33-28-13-10-25(18-29(28)34-32)30(35)17-24-9-8-20(2)21(3)14-24/h6-16,18H,17H2,1-5H3,(H,33,34). The second kappa shape index (κ2) is 10.2. The highest BCUT2D eigenvalue weighted by Gasteiger charge is 2.19. The van der Waals surface area contributed by atoms with E-state index < -0.39 is 10.1 Å². The van der Waals surface area contributed by atoms with E-state index in [0.717, 1.165) is 38.9 Å². The van der Waals surface area contributed by atoms with E-state index in [-0.39, 0.29) is 16.4 Å². The molecular formula is C32H30N2O4S. The smallest absolute Gasteiger partial charge is 0.339 e. The van der Waals surface area contributed by atoms with Gasteiger partial charge in [0.05, 0.1) is 11.0 Å². The number of benzene rings is 4. The summed E-state index contributed by atoms with van der Waals surface area (Å²) in [6.07, 6.45) is 0.332. The summed E-state index contributed by atoms with van der Waals surface area (Å²) in [5.41, 5.74) is 8.94. The Labute approximate surface area is 228 Å². The summed E-state index contributed by atoms with van der Waals surface area (Å²) in [5.74, 6) is 0.927. The van der Waals surface area contributed by atoms with Gasteiger partial charge in [0.2, 0.25) is 0 Å². The van der Waals surface area contributed by atoms with Crippen LogP contribution in [0.4, 0.5) is 0 Å². The molecule has 5 rings (SSSR count). The normalized spacial score (nSPS) is 11.6. The molecule has 0 saturated carbocycles. The molecule has 198 valence electrons. The molecule has 0 atom stereocenters. The highest BCUT2D eigenvalue weighted by Crippen LogP contribution is 2.32. The summed E-state index contributed by atoms with van der Waals surface area (Å²) < 4.78 is 31.0. The summed E-state index contributed by atoms with van der Waals surface area (Å²) in [4.78, 5) is 21.2. The molecule has 0 fully saturated rings. The number of rotatable bonds is 7. The fourth-order valence-corrected chi connectivity index (χ4v) is 5.64. The Morgan fingerprint density at radius 2 is 1.49 bits per heavy atom. The number of hydrogen-bond donors (Lipinski definition) is 1. The van der Waals surface area contributed by atoms with Gasteiger partial charge in [0, 0.05) is 17.5 Å². The van der Waals surface area contributed by atoms with Crippen molar-refractivity contribution in [1.82, 2.24) is 9.97 Å². The number of aromatic amines is 1. The topological polar surface area (TPSA) is 89.1 Å². The van der Waals surface area contributed by atoms with Crippen molar-refractivity contribution >= 4 is 26.9 Å². The zero-order valence-electron chi connectivity index (χ0n) is 22.6. The minimum atomic E-state index is -3.96. The molecule has 0 amide bonds. The molecule has 1 aromatic heterocycles. The van der Waals surface area contributed by atoms with Crippen molar-refractivity contribution < 1.29 is 17.4 Å². The van der Waals surface area contributed by atoms with E-state index in [1.165, 1.54) is 23.3 Å². The Hall–Kier alpha value is -4.23. The molecule has 0 radical (unpaired) electrons. The number of carbonyl (C=O) groups is 1. The molecule has 6 nitrogen and oxygen atoms in total. The number of aromatic nitrogens is 2. The lowest BCUT2D eigenvalue weighted by molar-refractivity contribution is 0.0993. The molecule has 7 heteroatoms. The van der Waals surface area contributed by atoms with Crippen LogP contribution in [0.25, 0.3) is 22.4 Å². The number of Topliss-reactive ketones (excluding diaryl/α,β-unsaturated/α-hetero) is 1. The van der Waals surface area contributed by atoms with E-state index >= 15 is 0 Å². The third-order valence-electron chi connectivity index (χ3n) is 7.00. The molecule has 5 aromatic rings. The van der Waals surface area contributed by atoms with Crippen molar-refractivity contribution in [1.29, 1.82) is 0 Å². The van der Waals surface area contributed by atoms with Crippen LogP contribution in [0.1, 0.15) is 43.7 Å². The molecule has 0 unspecified atom stereocenters. The Balaban J connectivity index is 1.40. The number of aryl methyl sites for hydroxylation is 5. The van der Waals surface area contributed by atoms with E-state index in [2.05, 4.69) is 18.0 Å². The van der Waals surface area contributed by atoms with Crippen LogP contribution in [0, 0.1) is 34.6 Å². The quantitative estimate of drug-likeness (QED) is 0.179. The molecule has 0 aliphatic rings. The SMILES string of the molecule is Cc1ccc(S(=O)(=O)Oc2cc(C)c(-c3nc4ccc(C(=O)Cc5ccc(C)c(C)c5)cc4[nH]3)c(C)c2)cc1. The zero-order valence-corrected chi connectivity index (χ0v) is 23.4. The van der Waals surface area contributed by atoms with Crippen molar-refractivity contribution in [3.05, 3.63) is 112 Å². The van der Waals surface area contributed by atoms with E-state index in [1.54, 1.807) is 24.3 Å². The minimum Gasteiger partial charge on any atom is -0.379 e. The number of nitrogens with one attached hydrogen (secondary N) is 1. The van der Waals surface area contributed by atoms with E-state index in [1.807, 2.05) is 58.0 Å². The van der Waals surface area contributed by atoms with Crippen LogP contribution in [0.2, 0.25) is 0 Å². The largest absolute Gasteiger partial charge is 0.379 e. The van der Waals surface area contributed by atoms with E-state index in [9.17, 15) is 13.2 Å². The Morgan fingerprint density at radius 3 is 2.15 bits per heavy atom. The van der Waals surface area contributed by atoms with Gasteiger partial charge in [-0.3, -0.25) is 4.79 Å². The van der Waals surface area contributed by atoms with Crippen molar-refractivity contribution in [3.63, 3.8) is 0 Å². The van der Waals surface area contributed by atoms with Gasteiger partial charge in [-0.05, 0) is 105 Å². The molecule has 39 heavy (non-hydrogen) atoms. The molecule has 0 saturated heterocycles. The average molecular weight is 539 g/mol. The number of carbonyl (C=O) groups excluding carboxylic acids is 1. The fourth-order valence-electron chi connectivity index (χ4n) is 4.73. The van der Waals surface area contributed by atoms with Crippen LogP contribution in [0.3, 0.4) is 0 Å². The predicted molar refractivity (Wildman–Crippen MR) is 154 cm³/mol. The first-order valence-corrected chi connectivity index (χ1v) is 14.1. The van der Waals surface area contributed by atoms with Crippen LogP contribution >= 0.6 is 0 Å². The number of imidazole rings is 1. The molecule has 0 spiro atoms. The Bertz CT molecular complexity index is 1810. The van der Waals surface area contributed by atoms with Gasteiger partial charge in [-0.2, -0.15) is 8.42 Å². The highest BCUT2D eigenvalue weighted by atomic mass is 32.2. The van der Waals surface area contributed by atoms with Crippen LogP contribution in [0.15, 0.2) is 77.7 Å². The molecule has 0 aliphatic carbocycles. The van der Waals surface area contributed by atoms with Gasteiger partial charge in [-0.25, -0.2) is 4.98 Å². The third-order valence-corrected chi connectivity index (χ3v) is 8.26. The first-order valence-electron chi connectivity index (χ1n) is 12.7. The van der Waals surface area contributed by atoms with Gasteiger partial charge in [-0.1, -0.05) is 35.9 Å². The number of ketones is 1. The minimum absolute atomic E-state index is 0.0416. The van der Waals surface area contributed by atoms with Crippen molar-refractivity contribution in [2.45, 2.75) is 45.9 Å². The first-order chi connectivity index (χ1) is 18.5. The van der Waals surface area contributed by atoms with Crippen molar-refractivity contribution in [3.8, 4) is 17.1 Å². The van der Waals surface area contributed by atoms with Gasteiger partial charge >= 0.3 is 10.1 Å². The van der Waals surface area contributed by atoms with Gasteiger partial charge < -0.3 is 9.17 Å². The van der Waals surface area contributed by atoms with Crippen LogP contribution in [-0.2, 0) is 16.5 Å².